The average molecular weight is 669 g/mol. The van der Waals surface area contributed by atoms with E-state index in [1.807, 2.05) is 0 Å². The van der Waals surface area contributed by atoms with Gasteiger partial charge >= 0.3 is 6.61 Å². The molecule has 1 aliphatic heterocycles. The van der Waals surface area contributed by atoms with Gasteiger partial charge in [0.25, 0.3) is 5.91 Å². The van der Waals surface area contributed by atoms with Crippen molar-refractivity contribution in [3.05, 3.63) is 60.4 Å². The molecular formula is C30H35F3N12O3. The fourth-order valence-corrected chi connectivity index (χ4v) is 5.46. The van der Waals surface area contributed by atoms with Crippen LogP contribution in [0.15, 0.2) is 49.1 Å². The summed E-state index contributed by atoms with van der Waals surface area (Å²) in [6.45, 7) is 1.90. The highest BCUT2D eigenvalue weighted by Gasteiger charge is 2.25. The van der Waals surface area contributed by atoms with Crippen molar-refractivity contribution in [2.24, 2.45) is 0 Å². The molecule has 0 radical (unpaired) electrons. The van der Waals surface area contributed by atoms with Gasteiger partial charge in [-0.25, -0.2) is 13.9 Å². The minimum absolute atomic E-state index is 0.0260. The van der Waals surface area contributed by atoms with Crippen LogP contribution in [0.4, 0.5) is 18.9 Å². The van der Waals surface area contributed by atoms with E-state index in [0.717, 1.165) is 39.0 Å². The van der Waals surface area contributed by atoms with Crippen LogP contribution in [0.2, 0.25) is 0 Å². The molecule has 1 fully saturated rings. The molecule has 254 valence electrons. The van der Waals surface area contributed by atoms with Gasteiger partial charge in [0.15, 0.2) is 11.5 Å². The lowest BCUT2D eigenvalue weighted by molar-refractivity contribution is -0.0495. The van der Waals surface area contributed by atoms with Crippen LogP contribution in [0.25, 0.3) is 16.9 Å². The quantitative estimate of drug-likeness (QED) is 0.197. The van der Waals surface area contributed by atoms with Crippen LogP contribution in [-0.2, 0) is 6.54 Å². The highest BCUT2D eigenvalue weighted by molar-refractivity contribution is 6.09. The molecule has 15 nitrogen and oxygen atoms in total. The normalized spacial score (nSPS) is 15.0. The second-order valence-electron chi connectivity index (χ2n) is 11.6. The summed E-state index contributed by atoms with van der Waals surface area (Å²) in [4.78, 5) is 23.9. The number of benzene rings is 1. The van der Waals surface area contributed by atoms with Gasteiger partial charge in [0.1, 0.15) is 29.3 Å². The first-order valence-corrected chi connectivity index (χ1v) is 15.4. The van der Waals surface area contributed by atoms with E-state index in [0.29, 0.717) is 11.5 Å². The smallest absolute Gasteiger partial charge is 0.387 e. The van der Waals surface area contributed by atoms with Gasteiger partial charge in [-0.2, -0.15) is 23.8 Å². The standard InChI is InChI=1S/C30H35F3N12O3/c1-19(31)47-21-5-6-25(48-30(32)33)22(15-21)27-24(36-29(46)23-16-35-44-10-4-9-34-28(23)44)17-43(39-27)18-26-37-40-45(38-26)20-7-11-42(12-8-20)14-13-41(2)3/h4-6,9-10,15-17,19-20,30H,7-8,11-14,18H2,1-3H3,(H,36,46). The van der Waals surface area contributed by atoms with Gasteiger partial charge in [0, 0.05) is 51.7 Å². The number of nitrogens with zero attached hydrogens (tertiary/aromatic N) is 11. The number of fused-ring (bicyclic) bond motifs is 1. The monoisotopic (exact) mass is 668 g/mol. The van der Waals surface area contributed by atoms with Gasteiger partial charge in [-0.3, -0.25) is 9.48 Å². The fourth-order valence-electron chi connectivity index (χ4n) is 5.46. The van der Waals surface area contributed by atoms with Crippen molar-refractivity contribution in [3.8, 4) is 22.8 Å². The van der Waals surface area contributed by atoms with Gasteiger partial charge in [-0.05, 0) is 56.4 Å². The molecule has 5 aromatic rings. The first-order chi connectivity index (χ1) is 23.1. The number of piperidine rings is 1. The summed E-state index contributed by atoms with van der Waals surface area (Å²) < 4.78 is 53.5. The number of nitrogens with one attached hydrogen (secondary N) is 1. The van der Waals surface area contributed by atoms with Gasteiger partial charge in [-0.15, -0.1) is 10.2 Å². The van der Waals surface area contributed by atoms with E-state index in [1.165, 1.54) is 52.9 Å². The third-order valence-corrected chi connectivity index (χ3v) is 7.77. The van der Waals surface area contributed by atoms with Crippen molar-refractivity contribution >= 4 is 17.2 Å². The van der Waals surface area contributed by atoms with Crippen LogP contribution in [0.1, 0.15) is 42.0 Å². The van der Waals surface area contributed by atoms with Gasteiger partial charge in [0.2, 0.25) is 6.36 Å². The Balaban J connectivity index is 1.29. The van der Waals surface area contributed by atoms with E-state index in [4.69, 9.17) is 9.47 Å². The Morgan fingerprint density at radius 1 is 1.15 bits per heavy atom. The summed E-state index contributed by atoms with van der Waals surface area (Å²) in [5, 5.41) is 24.6. The van der Waals surface area contributed by atoms with Crippen LogP contribution < -0.4 is 14.8 Å². The van der Waals surface area contributed by atoms with E-state index in [9.17, 15) is 18.0 Å². The van der Waals surface area contributed by atoms with Gasteiger partial charge in [-0.1, -0.05) is 0 Å². The number of hydrogen-bond donors (Lipinski definition) is 1. The maximum Gasteiger partial charge on any atom is 0.387 e. The zero-order valence-corrected chi connectivity index (χ0v) is 26.6. The largest absolute Gasteiger partial charge is 0.461 e. The number of carbonyl (C=O) groups excluding carboxylic acids is 1. The number of hydrogen-bond acceptors (Lipinski definition) is 11. The molecule has 5 heterocycles. The molecule has 18 heteroatoms. The molecular weight excluding hydrogens is 633 g/mol. The number of anilines is 1. The third kappa shape index (κ3) is 7.71. The zero-order valence-electron chi connectivity index (χ0n) is 26.6. The lowest BCUT2D eigenvalue weighted by atomic mass is 10.1. The molecule has 0 bridgehead atoms. The van der Waals surface area contributed by atoms with E-state index in [2.05, 4.69) is 59.8 Å². The number of tetrazole rings is 1. The molecule has 0 saturated carbocycles. The summed E-state index contributed by atoms with van der Waals surface area (Å²) in [7, 11) is 4.11. The minimum Gasteiger partial charge on any atom is -0.461 e. The number of alkyl halides is 3. The summed E-state index contributed by atoms with van der Waals surface area (Å²) in [5.41, 5.74) is 0.690. The topological polar surface area (TPSA) is 146 Å². The third-order valence-electron chi connectivity index (χ3n) is 7.77. The van der Waals surface area contributed by atoms with E-state index < -0.39 is 18.9 Å². The number of likely N-dealkylation sites (tertiary alicyclic amines) is 1. The molecule has 1 amide bonds. The Labute approximate surface area is 273 Å². The SMILES string of the molecule is CC(F)Oc1ccc(OC(F)F)c(-c2nn(Cc3nnn(C4CCN(CCN(C)C)CC4)n3)cc2NC(=O)c2cnn3cccnc23)c1. The molecule has 1 atom stereocenters. The Morgan fingerprint density at radius 3 is 2.71 bits per heavy atom. The Morgan fingerprint density at radius 2 is 1.96 bits per heavy atom. The van der Waals surface area contributed by atoms with Crippen molar-refractivity contribution in [2.75, 3.05) is 45.6 Å². The van der Waals surface area contributed by atoms with Crippen molar-refractivity contribution in [3.63, 3.8) is 0 Å². The summed E-state index contributed by atoms with van der Waals surface area (Å²) in [6.07, 6.45) is 6.12. The van der Waals surface area contributed by atoms with E-state index in [-0.39, 0.29) is 46.6 Å². The summed E-state index contributed by atoms with van der Waals surface area (Å²) in [6, 6.07) is 5.59. The molecule has 0 spiro atoms. The molecule has 4 aromatic heterocycles. The van der Waals surface area contributed by atoms with Gasteiger partial charge in [0.05, 0.1) is 23.5 Å². The highest BCUT2D eigenvalue weighted by atomic mass is 19.3. The van der Waals surface area contributed by atoms with Crippen LogP contribution in [0, 0.1) is 0 Å². The Kier molecular flexibility index (Phi) is 9.81. The summed E-state index contributed by atoms with van der Waals surface area (Å²) >= 11 is 0. The Hall–Kier alpha value is -5.10. The number of rotatable bonds is 13. The number of halogens is 3. The molecule has 1 aliphatic rings. The van der Waals surface area contributed by atoms with Crippen LogP contribution >= 0.6 is 0 Å². The molecule has 6 rings (SSSR count). The fraction of sp³-hybridized carbons (Fsp3) is 0.433. The molecule has 1 unspecified atom stereocenters. The zero-order chi connectivity index (χ0) is 33.8. The number of likely N-dealkylation sites (N-methyl/N-ethyl adjacent to an activating group) is 1. The number of ether oxygens (including phenoxy) is 2. The predicted octanol–water partition coefficient (Wildman–Crippen LogP) is 3.37. The summed E-state index contributed by atoms with van der Waals surface area (Å²) in [5.74, 6) is -0.441. The van der Waals surface area contributed by atoms with E-state index >= 15 is 0 Å². The van der Waals surface area contributed by atoms with Crippen molar-refractivity contribution in [1.29, 1.82) is 0 Å². The maximum absolute atomic E-state index is 13.7. The highest BCUT2D eigenvalue weighted by Crippen LogP contribution is 2.38. The van der Waals surface area contributed by atoms with Crippen LogP contribution in [0.5, 0.6) is 11.5 Å². The maximum atomic E-state index is 13.7. The van der Waals surface area contributed by atoms with Crippen LogP contribution in [0.3, 0.4) is 0 Å². The predicted molar refractivity (Wildman–Crippen MR) is 167 cm³/mol. The van der Waals surface area contributed by atoms with Crippen molar-refractivity contribution < 1.29 is 27.4 Å². The molecule has 1 saturated heterocycles. The first-order valence-electron chi connectivity index (χ1n) is 15.4. The number of carbonyl (C=O) groups is 1. The van der Waals surface area contributed by atoms with Crippen molar-refractivity contribution in [1.82, 2.24) is 54.4 Å². The lowest BCUT2D eigenvalue weighted by Gasteiger charge is -2.31. The number of amides is 1. The number of aromatic nitrogens is 9. The lowest BCUT2D eigenvalue weighted by Crippen LogP contribution is -2.39. The van der Waals surface area contributed by atoms with Crippen molar-refractivity contribution in [2.45, 2.75) is 45.3 Å². The Bertz CT molecular complexity index is 1850. The minimum atomic E-state index is -3.17. The first kappa shape index (κ1) is 32.8. The second-order valence-corrected chi connectivity index (χ2v) is 11.6. The molecule has 48 heavy (non-hydrogen) atoms. The second kappa shape index (κ2) is 14.3. The molecule has 1 aromatic carbocycles. The average Bonchev–Trinajstić information content (AvgIpc) is 3.79. The van der Waals surface area contributed by atoms with Gasteiger partial charge < -0.3 is 24.6 Å². The van der Waals surface area contributed by atoms with E-state index in [1.54, 1.807) is 17.1 Å². The molecule has 0 aliphatic carbocycles. The molecule has 1 N–H and O–H groups in total. The van der Waals surface area contributed by atoms with Crippen LogP contribution in [-0.4, -0.2) is 114 Å².